The van der Waals surface area contributed by atoms with Crippen molar-refractivity contribution in [3.05, 3.63) is 29.6 Å². The Labute approximate surface area is 130 Å². The molecule has 0 bridgehead atoms. The number of ether oxygens (including phenoxy) is 1. The SMILES string of the molecule is COCCNC(=O)c1cccc(C(=O)N2CCCC(C)C2)n1. The molecular formula is C16H23N3O3. The Hall–Kier alpha value is -1.95. The summed E-state index contributed by atoms with van der Waals surface area (Å²) in [5, 5.41) is 2.70. The molecule has 120 valence electrons. The molecule has 1 aliphatic heterocycles. The van der Waals surface area contributed by atoms with Crippen LogP contribution in [-0.2, 0) is 4.74 Å². The minimum Gasteiger partial charge on any atom is -0.383 e. The molecule has 1 aromatic heterocycles. The summed E-state index contributed by atoms with van der Waals surface area (Å²) in [5.74, 6) is 0.120. The van der Waals surface area contributed by atoms with Crippen molar-refractivity contribution in [2.24, 2.45) is 5.92 Å². The number of pyridine rings is 1. The smallest absolute Gasteiger partial charge is 0.272 e. The molecule has 1 fully saturated rings. The summed E-state index contributed by atoms with van der Waals surface area (Å²) in [7, 11) is 1.57. The quantitative estimate of drug-likeness (QED) is 0.833. The molecule has 0 spiro atoms. The monoisotopic (exact) mass is 305 g/mol. The van der Waals surface area contributed by atoms with Gasteiger partial charge >= 0.3 is 0 Å². The molecule has 0 radical (unpaired) electrons. The van der Waals surface area contributed by atoms with Crippen LogP contribution in [0.15, 0.2) is 18.2 Å². The molecule has 0 aliphatic carbocycles. The van der Waals surface area contributed by atoms with E-state index in [1.807, 2.05) is 4.90 Å². The van der Waals surface area contributed by atoms with Gasteiger partial charge in [-0.2, -0.15) is 0 Å². The lowest BCUT2D eigenvalue weighted by Crippen LogP contribution is -2.39. The zero-order valence-electron chi connectivity index (χ0n) is 13.2. The van der Waals surface area contributed by atoms with E-state index in [1.165, 1.54) is 0 Å². The number of aromatic nitrogens is 1. The van der Waals surface area contributed by atoms with Crippen LogP contribution in [0.25, 0.3) is 0 Å². The first-order valence-corrected chi connectivity index (χ1v) is 7.65. The van der Waals surface area contributed by atoms with Gasteiger partial charge in [0.05, 0.1) is 6.61 Å². The van der Waals surface area contributed by atoms with Crippen LogP contribution in [-0.4, -0.2) is 55.0 Å². The summed E-state index contributed by atoms with van der Waals surface area (Å²) < 4.78 is 4.88. The van der Waals surface area contributed by atoms with E-state index in [0.29, 0.717) is 24.8 Å². The fourth-order valence-corrected chi connectivity index (χ4v) is 2.57. The van der Waals surface area contributed by atoms with E-state index < -0.39 is 0 Å². The van der Waals surface area contributed by atoms with Gasteiger partial charge in [-0.1, -0.05) is 13.0 Å². The van der Waals surface area contributed by atoms with Crippen molar-refractivity contribution < 1.29 is 14.3 Å². The van der Waals surface area contributed by atoms with Crippen LogP contribution < -0.4 is 5.32 Å². The molecule has 1 aliphatic rings. The predicted octanol–water partition coefficient (Wildman–Crippen LogP) is 1.33. The summed E-state index contributed by atoms with van der Waals surface area (Å²) >= 11 is 0. The lowest BCUT2D eigenvalue weighted by Gasteiger charge is -2.30. The number of carbonyl (C=O) groups excluding carboxylic acids is 2. The minimum atomic E-state index is -0.293. The number of hydrogen-bond donors (Lipinski definition) is 1. The molecule has 6 nitrogen and oxygen atoms in total. The summed E-state index contributed by atoms with van der Waals surface area (Å²) in [6, 6.07) is 4.96. The Morgan fingerprint density at radius 1 is 1.41 bits per heavy atom. The Bertz CT molecular complexity index is 533. The number of piperidine rings is 1. The molecule has 2 amide bonds. The molecule has 2 rings (SSSR count). The number of likely N-dealkylation sites (tertiary alicyclic amines) is 1. The van der Waals surface area contributed by atoms with Crippen LogP contribution in [0, 0.1) is 5.92 Å². The Morgan fingerprint density at radius 3 is 2.91 bits per heavy atom. The van der Waals surface area contributed by atoms with E-state index in [-0.39, 0.29) is 17.5 Å². The number of methoxy groups -OCH3 is 1. The highest BCUT2D eigenvalue weighted by Gasteiger charge is 2.23. The molecule has 1 aromatic rings. The fourth-order valence-electron chi connectivity index (χ4n) is 2.57. The first-order valence-electron chi connectivity index (χ1n) is 7.65. The van der Waals surface area contributed by atoms with E-state index in [4.69, 9.17) is 4.74 Å². The Kier molecular flexibility index (Phi) is 5.89. The molecule has 1 atom stereocenters. The second-order valence-electron chi connectivity index (χ2n) is 5.66. The molecular weight excluding hydrogens is 282 g/mol. The van der Waals surface area contributed by atoms with Crippen LogP contribution in [0.2, 0.25) is 0 Å². The first kappa shape index (κ1) is 16.4. The van der Waals surface area contributed by atoms with Crippen molar-refractivity contribution >= 4 is 11.8 Å². The van der Waals surface area contributed by atoms with Crippen LogP contribution in [0.5, 0.6) is 0 Å². The van der Waals surface area contributed by atoms with Gasteiger partial charge in [0.25, 0.3) is 11.8 Å². The molecule has 1 unspecified atom stereocenters. The largest absolute Gasteiger partial charge is 0.383 e. The second kappa shape index (κ2) is 7.89. The zero-order chi connectivity index (χ0) is 15.9. The van der Waals surface area contributed by atoms with Crippen LogP contribution >= 0.6 is 0 Å². The lowest BCUT2D eigenvalue weighted by atomic mass is 10.00. The summed E-state index contributed by atoms with van der Waals surface area (Å²) in [6.45, 7) is 4.52. The van der Waals surface area contributed by atoms with Crippen molar-refractivity contribution in [1.82, 2.24) is 15.2 Å². The first-order chi connectivity index (χ1) is 10.6. The molecule has 0 aromatic carbocycles. The van der Waals surface area contributed by atoms with E-state index in [9.17, 15) is 9.59 Å². The highest BCUT2D eigenvalue weighted by Crippen LogP contribution is 2.17. The van der Waals surface area contributed by atoms with Gasteiger partial charge in [-0.25, -0.2) is 4.98 Å². The maximum Gasteiger partial charge on any atom is 0.272 e. The van der Waals surface area contributed by atoms with Gasteiger partial charge in [-0.3, -0.25) is 9.59 Å². The van der Waals surface area contributed by atoms with Gasteiger partial charge in [-0.15, -0.1) is 0 Å². The van der Waals surface area contributed by atoms with Gasteiger partial charge in [0, 0.05) is 26.7 Å². The van der Waals surface area contributed by atoms with Crippen LogP contribution in [0.3, 0.4) is 0 Å². The van der Waals surface area contributed by atoms with Gasteiger partial charge in [0.1, 0.15) is 11.4 Å². The van der Waals surface area contributed by atoms with Crippen molar-refractivity contribution in [2.75, 3.05) is 33.4 Å². The molecule has 0 saturated carbocycles. The third-order valence-corrected chi connectivity index (χ3v) is 3.74. The number of rotatable bonds is 5. The third kappa shape index (κ3) is 4.27. The standard InChI is InChI=1S/C16H23N3O3/c1-12-5-4-9-19(11-12)16(21)14-7-3-6-13(18-14)15(20)17-8-10-22-2/h3,6-7,12H,4-5,8-11H2,1-2H3,(H,17,20). The van der Waals surface area contributed by atoms with Crippen LogP contribution in [0.1, 0.15) is 40.7 Å². The Morgan fingerprint density at radius 2 is 2.18 bits per heavy atom. The summed E-state index contributed by atoms with van der Waals surface area (Å²) in [5.41, 5.74) is 0.584. The maximum absolute atomic E-state index is 12.5. The number of carbonyl (C=O) groups is 2. The number of nitrogens with one attached hydrogen (secondary N) is 1. The van der Waals surface area contributed by atoms with Gasteiger partial charge in [-0.05, 0) is 30.9 Å². The van der Waals surface area contributed by atoms with Gasteiger partial charge in [0.2, 0.25) is 0 Å². The Balaban J connectivity index is 2.04. The third-order valence-electron chi connectivity index (χ3n) is 3.74. The minimum absolute atomic E-state index is 0.0990. The number of amides is 2. The highest BCUT2D eigenvalue weighted by molar-refractivity contribution is 5.96. The van der Waals surface area contributed by atoms with Crippen molar-refractivity contribution in [1.29, 1.82) is 0 Å². The molecule has 2 heterocycles. The lowest BCUT2D eigenvalue weighted by molar-refractivity contribution is 0.0677. The summed E-state index contributed by atoms with van der Waals surface area (Å²) in [4.78, 5) is 30.5. The second-order valence-corrected chi connectivity index (χ2v) is 5.66. The fraction of sp³-hybridized carbons (Fsp3) is 0.562. The predicted molar refractivity (Wildman–Crippen MR) is 82.7 cm³/mol. The normalized spacial score (nSPS) is 18.1. The molecule has 22 heavy (non-hydrogen) atoms. The van der Waals surface area contributed by atoms with Crippen LogP contribution in [0.4, 0.5) is 0 Å². The average Bonchev–Trinajstić information content (AvgIpc) is 2.54. The van der Waals surface area contributed by atoms with E-state index >= 15 is 0 Å². The number of hydrogen-bond acceptors (Lipinski definition) is 4. The van der Waals surface area contributed by atoms with Crippen molar-refractivity contribution in [3.8, 4) is 0 Å². The van der Waals surface area contributed by atoms with E-state index in [0.717, 1.165) is 25.9 Å². The van der Waals surface area contributed by atoms with Crippen molar-refractivity contribution in [2.45, 2.75) is 19.8 Å². The molecule has 1 saturated heterocycles. The highest BCUT2D eigenvalue weighted by atomic mass is 16.5. The summed E-state index contributed by atoms with van der Waals surface area (Å²) in [6.07, 6.45) is 2.17. The topological polar surface area (TPSA) is 71.5 Å². The van der Waals surface area contributed by atoms with Gasteiger partial charge < -0.3 is 15.0 Å². The molecule has 1 N–H and O–H groups in total. The maximum atomic E-state index is 12.5. The van der Waals surface area contributed by atoms with Gasteiger partial charge in [0.15, 0.2) is 0 Å². The van der Waals surface area contributed by atoms with E-state index in [2.05, 4.69) is 17.2 Å². The average molecular weight is 305 g/mol. The van der Waals surface area contributed by atoms with E-state index in [1.54, 1.807) is 25.3 Å². The van der Waals surface area contributed by atoms with Crippen molar-refractivity contribution in [3.63, 3.8) is 0 Å². The zero-order valence-corrected chi connectivity index (χ0v) is 13.2. The number of nitrogens with zero attached hydrogens (tertiary/aromatic N) is 2. The molecule has 6 heteroatoms.